The van der Waals surface area contributed by atoms with Gasteiger partial charge >= 0.3 is 0 Å². The quantitative estimate of drug-likeness (QED) is 0.661. The van der Waals surface area contributed by atoms with Crippen LogP contribution in [-0.4, -0.2) is 32.6 Å². The van der Waals surface area contributed by atoms with Gasteiger partial charge in [-0.1, -0.05) is 13.8 Å². The molecule has 2 saturated heterocycles. The van der Waals surface area contributed by atoms with E-state index in [0.717, 1.165) is 32.8 Å². The predicted octanol–water partition coefficient (Wildman–Crippen LogP) is 0.995. The number of hydrogen-bond donors (Lipinski definition) is 1. The Hall–Kier alpha value is -0.120. The summed E-state index contributed by atoms with van der Waals surface area (Å²) in [6.07, 6.45) is 1.37. The van der Waals surface area contributed by atoms with Gasteiger partial charge in [0.1, 0.15) is 6.23 Å². The van der Waals surface area contributed by atoms with Crippen molar-refractivity contribution in [3.05, 3.63) is 0 Å². The van der Waals surface area contributed by atoms with Crippen molar-refractivity contribution < 1.29 is 9.47 Å². The highest BCUT2D eigenvalue weighted by Gasteiger charge is 2.33. The second kappa shape index (κ2) is 3.56. The van der Waals surface area contributed by atoms with Gasteiger partial charge in [-0.05, 0) is 6.42 Å². The molecule has 2 unspecified atom stereocenters. The molecule has 0 aliphatic carbocycles. The molecule has 13 heavy (non-hydrogen) atoms. The van der Waals surface area contributed by atoms with E-state index in [4.69, 9.17) is 9.47 Å². The van der Waals surface area contributed by atoms with Crippen molar-refractivity contribution in [2.45, 2.75) is 26.5 Å². The van der Waals surface area contributed by atoms with E-state index in [1.165, 1.54) is 0 Å². The Morgan fingerprint density at radius 3 is 2.77 bits per heavy atom. The summed E-state index contributed by atoms with van der Waals surface area (Å²) >= 11 is 0. The minimum Gasteiger partial charge on any atom is -0.381 e. The van der Waals surface area contributed by atoms with Gasteiger partial charge in [-0.3, -0.25) is 5.32 Å². The van der Waals surface area contributed by atoms with Gasteiger partial charge in [-0.25, -0.2) is 0 Å². The normalized spacial score (nSPS) is 39.2. The Bertz CT molecular complexity index is 166. The predicted molar refractivity (Wildman–Crippen MR) is 50.4 cm³/mol. The van der Waals surface area contributed by atoms with E-state index in [-0.39, 0.29) is 11.6 Å². The van der Waals surface area contributed by atoms with E-state index in [2.05, 4.69) is 19.2 Å². The molecule has 3 heteroatoms. The fraction of sp³-hybridized carbons (Fsp3) is 1.00. The molecule has 0 radical (unpaired) electrons. The minimum atomic E-state index is 0.232. The molecule has 2 aliphatic heterocycles. The molecule has 0 aromatic carbocycles. The third kappa shape index (κ3) is 2.22. The largest absolute Gasteiger partial charge is 0.381 e. The molecule has 76 valence electrons. The fourth-order valence-electron chi connectivity index (χ4n) is 1.90. The van der Waals surface area contributed by atoms with Crippen LogP contribution in [-0.2, 0) is 9.47 Å². The van der Waals surface area contributed by atoms with Crippen LogP contribution >= 0.6 is 0 Å². The second-order valence-corrected chi connectivity index (χ2v) is 4.90. The molecule has 3 nitrogen and oxygen atoms in total. The average Bonchev–Trinajstić information content (AvgIpc) is 2.56. The first kappa shape index (κ1) is 9.44. The van der Waals surface area contributed by atoms with Crippen molar-refractivity contribution in [2.75, 3.05) is 26.4 Å². The highest BCUT2D eigenvalue weighted by Crippen LogP contribution is 2.25. The van der Waals surface area contributed by atoms with E-state index in [9.17, 15) is 0 Å². The Morgan fingerprint density at radius 1 is 1.38 bits per heavy atom. The van der Waals surface area contributed by atoms with E-state index in [0.29, 0.717) is 5.92 Å². The smallest absolute Gasteiger partial charge is 0.113 e. The Balaban J connectivity index is 1.83. The van der Waals surface area contributed by atoms with Crippen LogP contribution in [0, 0.1) is 11.3 Å². The minimum absolute atomic E-state index is 0.232. The first-order chi connectivity index (χ1) is 6.17. The highest BCUT2D eigenvalue weighted by atomic mass is 16.5. The van der Waals surface area contributed by atoms with E-state index in [1.54, 1.807) is 0 Å². The molecule has 2 aliphatic rings. The van der Waals surface area contributed by atoms with Crippen molar-refractivity contribution >= 4 is 0 Å². The van der Waals surface area contributed by atoms with Gasteiger partial charge in [0, 0.05) is 24.5 Å². The first-order valence-electron chi connectivity index (χ1n) is 5.10. The third-order valence-electron chi connectivity index (χ3n) is 2.83. The molecule has 2 heterocycles. The van der Waals surface area contributed by atoms with Crippen LogP contribution in [0.2, 0.25) is 0 Å². The number of nitrogens with one attached hydrogen (secondary N) is 1. The van der Waals surface area contributed by atoms with Crippen LogP contribution in [0.3, 0.4) is 0 Å². The van der Waals surface area contributed by atoms with Crippen LogP contribution < -0.4 is 5.32 Å². The van der Waals surface area contributed by atoms with E-state index < -0.39 is 0 Å². The average molecular weight is 185 g/mol. The third-order valence-corrected chi connectivity index (χ3v) is 2.83. The molecule has 0 aromatic rings. The molecule has 2 rings (SSSR count). The standard InChI is InChI=1S/C10H19NO2/c1-10(2)6-11-9(13-7-10)8-3-4-12-5-8/h8-9,11H,3-7H2,1-2H3. The molecule has 1 N–H and O–H groups in total. The van der Waals surface area contributed by atoms with Gasteiger partial charge in [0.05, 0.1) is 13.2 Å². The zero-order valence-electron chi connectivity index (χ0n) is 8.51. The molecular weight excluding hydrogens is 166 g/mol. The lowest BCUT2D eigenvalue weighted by molar-refractivity contribution is -0.0851. The van der Waals surface area contributed by atoms with Gasteiger partial charge in [0.25, 0.3) is 0 Å². The number of ether oxygens (including phenoxy) is 2. The summed E-state index contributed by atoms with van der Waals surface area (Å²) < 4.78 is 11.1. The maximum Gasteiger partial charge on any atom is 0.113 e. The molecule has 0 saturated carbocycles. The fourth-order valence-corrected chi connectivity index (χ4v) is 1.90. The van der Waals surface area contributed by atoms with Crippen molar-refractivity contribution in [3.63, 3.8) is 0 Å². The lowest BCUT2D eigenvalue weighted by Gasteiger charge is -2.37. The van der Waals surface area contributed by atoms with Crippen LogP contribution in [0.15, 0.2) is 0 Å². The Morgan fingerprint density at radius 2 is 2.23 bits per heavy atom. The lowest BCUT2D eigenvalue weighted by atomic mass is 9.92. The number of rotatable bonds is 1. The summed E-state index contributed by atoms with van der Waals surface area (Å²) in [5.41, 5.74) is 0.288. The van der Waals surface area contributed by atoms with Gasteiger partial charge < -0.3 is 9.47 Å². The highest BCUT2D eigenvalue weighted by molar-refractivity contribution is 4.82. The molecule has 0 aromatic heterocycles. The summed E-state index contributed by atoms with van der Waals surface area (Å²) in [5, 5.41) is 3.45. The maximum absolute atomic E-state index is 5.79. The molecule has 0 amide bonds. The first-order valence-corrected chi connectivity index (χ1v) is 5.10. The van der Waals surface area contributed by atoms with E-state index >= 15 is 0 Å². The Labute approximate surface area is 79.8 Å². The summed E-state index contributed by atoms with van der Waals surface area (Å²) in [7, 11) is 0. The topological polar surface area (TPSA) is 30.5 Å². The molecule has 0 bridgehead atoms. The van der Waals surface area contributed by atoms with E-state index in [1.807, 2.05) is 0 Å². The Kier molecular flexibility index (Phi) is 2.58. The zero-order chi connectivity index (χ0) is 9.31. The molecule has 2 atom stereocenters. The van der Waals surface area contributed by atoms with Gasteiger partial charge in [-0.15, -0.1) is 0 Å². The van der Waals surface area contributed by atoms with Crippen molar-refractivity contribution in [1.82, 2.24) is 5.32 Å². The van der Waals surface area contributed by atoms with Gasteiger partial charge in [0.15, 0.2) is 0 Å². The SMILES string of the molecule is CC1(C)CNC(C2CCOC2)OC1. The summed E-state index contributed by atoms with van der Waals surface area (Å²) in [4.78, 5) is 0. The summed E-state index contributed by atoms with van der Waals surface area (Å²) in [5.74, 6) is 0.566. The van der Waals surface area contributed by atoms with Crippen LogP contribution in [0.1, 0.15) is 20.3 Å². The molecule has 0 spiro atoms. The van der Waals surface area contributed by atoms with Crippen LogP contribution in [0.5, 0.6) is 0 Å². The van der Waals surface area contributed by atoms with Crippen molar-refractivity contribution in [1.29, 1.82) is 0 Å². The lowest BCUT2D eigenvalue weighted by Crippen LogP contribution is -2.51. The van der Waals surface area contributed by atoms with Crippen molar-refractivity contribution in [2.24, 2.45) is 11.3 Å². The summed E-state index contributed by atoms with van der Waals surface area (Å²) in [6, 6.07) is 0. The van der Waals surface area contributed by atoms with Crippen molar-refractivity contribution in [3.8, 4) is 0 Å². The molecular formula is C10H19NO2. The number of hydrogen-bond acceptors (Lipinski definition) is 3. The summed E-state index contributed by atoms with van der Waals surface area (Å²) in [6.45, 7) is 8.12. The van der Waals surface area contributed by atoms with Crippen LogP contribution in [0.4, 0.5) is 0 Å². The van der Waals surface area contributed by atoms with Crippen LogP contribution in [0.25, 0.3) is 0 Å². The van der Waals surface area contributed by atoms with Gasteiger partial charge in [-0.2, -0.15) is 0 Å². The van der Waals surface area contributed by atoms with Gasteiger partial charge in [0.2, 0.25) is 0 Å². The second-order valence-electron chi connectivity index (χ2n) is 4.90. The zero-order valence-corrected chi connectivity index (χ0v) is 8.51. The monoisotopic (exact) mass is 185 g/mol. The molecule has 2 fully saturated rings. The maximum atomic E-state index is 5.79.